The zero-order valence-electron chi connectivity index (χ0n) is 12.6. The van der Waals surface area contributed by atoms with Gasteiger partial charge in [0.15, 0.2) is 5.96 Å². The lowest BCUT2D eigenvalue weighted by atomic mass is 10.6. The highest BCUT2D eigenvalue weighted by molar-refractivity contribution is 14.0. The first-order chi connectivity index (χ1) is 9.03. The molecule has 120 valence electrons. The smallest absolute Gasteiger partial charge is 0.215 e. The summed E-state index contributed by atoms with van der Waals surface area (Å²) in [6, 6.07) is 0.511. The van der Waals surface area contributed by atoms with E-state index in [1.54, 1.807) is 0 Å². The molecule has 0 amide bonds. The zero-order chi connectivity index (χ0) is 14.3. The van der Waals surface area contributed by atoms with Crippen molar-refractivity contribution in [1.29, 1.82) is 0 Å². The van der Waals surface area contributed by atoms with Crippen molar-refractivity contribution in [2.45, 2.75) is 39.7 Å². The quantitative estimate of drug-likeness (QED) is 0.351. The number of aliphatic imine (C=N–C) groups is 1. The van der Waals surface area contributed by atoms with Crippen molar-refractivity contribution in [3.63, 3.8) is 0 Å². The van der Waals surface area contributed by atoms with Gasteiger partial charge in [-0.3, -0.25) is 4.99 Å². The van der Waals surface area contributed by atoms with E-state index in [9.17, 15) is 8.42 Å². The van der Waals surface area contributed by atoms with Crippen LogP contribution in [0.1, 0.15) is 33.6 Å². The number of nitrogens with zero attached hydrogens (tertiary/aromatic N) is 2. The van der Waals surface area contributed by atoms with Crippen LogP contribution in [0.3, 0.4) is 0 Å². The SMILES string of the molecule is CCNC(=NCCS(=O)(=O)N(CC)CC)NC1CC1.I. The molecule has 8 heteroatoms. The van der Waals surface area contributed by atoms with E-state index in [4.69, 9.17) is 0 Å². The Morgan fingerprint density at radius 2 is 1.85 bits per heavy atom. The summed E-state index contributed by atoms with van der Waals surface area (Å²) >= 11 is 0. The maximum Gasteiger partial charge on any atom is 0.215 e. The monoisotopic (exact) mass is 418 g/mol. The lowest BCUT2D eigenvalue weighted by Crippen LogP contribution is -2.39. The van der Waals surface area contributed by atoms with Gasteiger partial charge in [0.1, 0.15) is 0 Å². The van der Waals surface area contributed by atoms with Crippen LogP contribution in [0, 0.1) is 0 Å². The third-order valence-corrected chi connectivity index (χ3v) is 4.98. The second kappa shape index (κ2) is 9.78. The van der Waals surface area contributed by atoms with Gasteiger partial charge in [-0.25, -0.2) is 12.7 Å². The van der Waals surface area contributed by atoms with E-state index in [1.807, 2.05) is 20.8 Å². The summed E-state index contributed by atoms with van der Waals surface area (Å²) in [4.78, 5) is 4.32. The summed E-state index contributed by atoms with van der Waals surface area (Å²) in [7, 11) is -3.18. The fourth-order valence-electron chi connectivity index (χ4n) is 1.76. The van der Waals surface area contributed by atoms with E-state index in [1.165, 1.54) is 17.1 Å². The van der Waals surface area contributed by atoms with Crippen LogP contribution >= 0.6 is 24.0 Å². The highest BCUT2D eigenvalue weighted by Crippen LogP contribution is 2.18. The molecule has 20 heavy (non-hydrogen) atoms. The summed E-state index contributed by atoms with van der Waals surface area (Å²) in [6.45, 7) is 7.80. The topological polar surface area (TPSA) is 73.8 Å². The Hall–Kier alpha value is -0.0900. The van der Waals surface area contributed by atoms with Crippen LogP contribution in [0.5, 0.6) is 0 Å². The number of nitrogens with one attached hydrogen (secondary N) is 2. The van der Waals surface area contributed by atoms with Crippen molar-refractivity contribution >= 4 is 40.0 Å². The molecule has 0 aromatic heterocycles. The van der Waals surface area contributed by atoms with Crippen molar-refractivity contribution < 1.29 is 8.42 Å². The average Bonchev–Trinajstić information content (AvgIpc) is 3.14. The van der Waals surface area contributed by atoms with Crippen LogP contribution < -0.4 is 10.6 Å². The Morgan fingerprint density at radius 1 is 1.25 bits per heavy atom. The molecule has 0 unspecified atom stereocenters. The summed E-state index contributed by atoms with van der Waals surface area (Å²) in [5.41, 5.74) is 0. The summed E-state index contributed by atoms with van der Waals surface area (Å²) in [5, 5.41) is 6.39. The van der Waals surface area contributed by atoms with E-state index < -0.39 is 10.0 Å². The molecule has 0 spiro atoms. The van der Waals surface area contributed by atoms with Crippen LogP contribution in [-0.2, 0) is 10.0 Å². The summed E-state index contributed by atoms with van der Waals surface area (Å²) in [6.07, 6.45) is 2.34. The minimum absolute atomic E-state index is 0. The predicted octanol–water partition coefficient (Wildman–Crippen LogP) is 0.993. The molecule has 0 radical (unpaired) electrons. The summed E-state index contributed by atoms with van der Waals surface area (Å²) in [5.74, 6) is 0.787. The van der Waals surface area contributed by atoms with Gasteiger partial charge in [-0.1, -0.05) is 13.8 Å². The van der Waals surface area contributed by atoms with Gasteiger partial charge in [-0.05, 0) is 19.8 Å². The molecule has 0 saturated heterocycles. The molecule has 0 heterocycles. The molecule has 0 aromatic carbocycles. The molecule has 1 aliphatic rings. The van der Waals surface area contributed by atoms with Crippen LogP contribution in [0.2, 0.25) is 0 Å². The van der Waals surface area contributed by atoms with Gasteiger partial charge in [0.05, 0.1) is 12.3 Å². The molecular weight excluding hydrogens is 391 g/mol. The van der Waals surface area contributed by atoms with Crippen molar-refractivity contribution in [1.82, 2.24) is 14.9 Å². The van der Waals surface area contributed by atoms with Gasteiger partial charge in [0, 0.05) is 25.7 Å². The third-order valence-electron chi connectivity index (χ3n) is 2.98. The van der Waals surface area contributed by atoms with E-state index in [-0.39, 0.29) is 29.7 Å². The lowest BCUT2D eigenvalue weighted by Gasteiger charge is -2.17. The largest absolute Gasteiger partial charge is 0.357 e. The van der Waals surface area contributed by atoms with Gasteiger partial charge < -0.3 is 10.6 Å². The van der Waals surface area contributed by atoms with Crippen LogP contribution in [0.15, 0.2) is 4.99 Å². The standard InChI is InChI=1S/C12H26N4O2S.HI/c1-4-13-12(15-11-7-8-11)14-9-10-19(17,18)16(5-2)6-3;/h11H,4-10H2,1-3H3,(H2,13,14,15);1H. The first kappa shape index (κ1) is 19.9. The zero-order valence-corrected chi connectivity index (χ0v) is 15.7. The molecule has 1 saturated carbocycles. The second-order valence-electron chi connectivity index (χ2n) is 4.58. The lowest BCUT2D eigenvalue weighted by molar-refractivity contribution is 0.445. The molecule has 0 atom stereocenters. The molecule has 0 bridgehead atoms. The molecule has 2 N–H and O–H groups in total. The van der Waals surface area contributed by atoms with Gasteiger partial charge in [-0.2, -0.15) is 0 Å². The van der Waals surface area contributed by atoms with Crippen molar-refractivity contribution in [3.8, 4) is 0 Å². The van der Waals surface area contributed by atoms with Crippen molar-refractivity contribution in [3.05, 3.63) is 0 Å². The third kappa shape index (κ3) is 7.07. The Bertz CT molecular complexity index is 392. The summed E-state index contributed by atoms with van der Waals surface area (Å²) < 4.78 is 25.4. The Balaban J connectivity index is 0.00000361. The first-order valence-corrected chi connectivity index (χ1v) is 8.67. The number of rotatable bonds is 8. The van der Waals surface area contributed by atoms with Gasteiger partial charge >= 0.3 is 0 Å². The Labute approximate surface area is 139 Å². The molecule has 0 aliphatic heterocycles. The Morgan fingerprint density at radius 3 is 2.30 bits per heavy atom. The number of sulfonamides is 1. The number of guanidine groups is 1. The molecule has 0 aromatic rings. The maximum atomic E-state index is 12.0. The van der Waals surface area contributed by atoms with Gasteiger partial charge in [0.25, 0.3) is 0 Å². The average molecular weight is 418 g/mol. The highest BCUT2D eigenvalue weighted by Gasteiger charge is 2.22. The van der Waals surface area contributed by atoms with Crippen LogP contribution in [0.4, 0.5) is 0 Å². The molecule has 1 aliphatic carbocycles. The fourth-order valence-corrected chi connectivity index (χ4v) is 3.13. The fraction of sp³-hybridized carbons (Fsp3) is 0.917. The van der Waals surface area contributed by atoms with Crippen LogP contribution in [0.25, 0.3) is 0 Å². The highest BCUT2D eigenvalue weighted by atomic mass is 127. The Kier molecular flexibility index (Phi) is 9.73. The van der Waals surface area contributed by atoms with E-state index >= 15 is 0 Å². The van der Waals surface area contributed by atoms with E-state index in [0.717, 1.165) is 12.5 Å². The minimum atomic E-state index is -3.18. The maximum absolute atomic E-state index is 12.0. The normalized spacial score (nSPS) is 15.9. The predicted molar refractivity (Wildman–Crippen MR) is 94.3 cm³/mol. The van der Waals surface area contributed by atoms with Gasteiger partial charge in [0.2, 0.25) is 10.0 Å². The van der Waals surface area contributed by atoms with Crippen LogP contribution in [-0.4, -0.2) is 56.7 Å². The minimum Gasteiger partial charge on any atom is -0.357 e. The van der Waals surface area contributed by atoms with E-state index in [0.29, 0.717) is 25.7 Å². The first-order valence-electron chi connectivity index (χ1n) is 7.06. The number of halogens is 1. The number of hydrogen-bond acceptors (Lipinski definition) is 3. The molecule has 1 rings (SSSR count). The molecule has 6 nitrogen and oxygen atoms in total. The number of hydrogen-bond donors (Lipinski definition) is 2. The van der Waals surface area contributed by atoms with E-state index in [2.05, 4.69) is 15.6 Å². The van der Waals surface area contributed by atoms with Crippen molar-refractivity contribution in [2.75, 3.05) is 31.9 Å². The van der Waals surface area contributed by atoms with Gasteiger partial charge in [-0.15, -0.1) is 24.0 Å². The molecule has 1 fully saturated rings. The molecular formula is C12H27IN4O2S. The van der Waals surface area contributed by atoms with Crippen molar-refractivity contribution in [2.24, 2.45) is 4.99 Å². The second-order valence-corrected chi connectivity index (χ2v) is 6.67.